The monoisotopic (exact) mass is 470 g/mol. The zero-order valence-corrected chi connectivity index (χ0v) is 18.5. The second-order valence-corrected chi connectivity index (χ2v) is 8.24. The van der Waals surface area contributed by atoms with Crippen LogP contribution >= 0.6 is 0 Å². The first-order valence-corrected chi connectivity index (χ1v) is 10.9. The van der Waals surface area contributed by atoms with Gasteiger partial charge in [-0.05, 0) is 67.3 Å². The number of carbonyl (C=O) groups is 2. The minimum absolute atomic E-state index is 0.159. The molecule has 4 rings (SSSR count). The van der Waals surface area contributed by atoms with E-state index in [1.165, 1.54) is 12.7 Å². The molecule has 1 aromatic heterocycles. The van der Waals surface area contributed by atoms with Crippen molar-refractivity contribution >= 4 is 29.3 Å². The van der Waals surface area contributed by atoms with E-state index in [4.69, 9.17) is 9.15 Å². The number of nitrogens with one attached hydrogen (secondary N) is 2. The van der Waals surface area contributed by atoms with Gasteiger partial charge in [0, 0.05) is 18.2 Å². The maximum atomic E-state index is 13.7. The van der Waals surface area contributed by atoms with Gasteiger partial charge in [0.05, 0.1) is 12.8 Å². The third kappa shape index (κ3) is 5.75. The van der Waals surface area contributed by atoms with Gasteiger partial charge in [-0.25, -0.2) is 8.78 Å². The minimum Gasteiger partial charge on any atom is -0.469 e. The highest BCUT2D eigenvalue weighted by Gasteiger charge is 2.24. The fraction of sp³-hybridized carbons (Fsp3) is 0.333. The molecule has 0 saturated heterocycles. The molecular formula is C24H24F2N4O4. The van der Waals surface area contributed by atoms with Gasteiger partial charge in [0.25, 0.3) is 0 Å². The van der Waals surface area contributed by atoms with Crippen molar-refractivity contribution in [1.29, 1.82) is 0 Å². The van der Waals surface area contributed by atoms with Crippen molar-refractivity contribution in [3.8, 4) is 0 Å². The van der Waals surface area contributed by atoms with Crippen molar-refractivity contribution in [2.24, 2.45) is 5.92 Å². The number of esters is 1. The second-order valence-electron chi connectivity index (χ2n) is 8.24. The van der Waals surface area contributed by atoms with Crippen LogP contribution in [0.1, 0.15) is 54.3 Å². The summed E-state index contributed by atoms with van der Waals surface area (Å²) >= 11 is 0. The molecule has 1 aliphatic rings. The summed E-state index contributed by atoms with van der Waals surface area (Å²) < 4.78 is 37.0. The normalized spacial score (nSPS) is 17.7. The lowest BCUT2D eigenvalue weighted by molar-refractivity contribution is -0.142. The second kappa shape index (κ2) is 10.4. The van der Waals surface area contributed by atoms with Gasteiger partial charge < -0.3 is 19.8 Å². The largest absolute Gasteiger partial charge is 0.469 e. The quantitative estimate of drug-likeness (QED) is 0.458. The first kappa shape index (κ1) is 23.3. The molecule has 0 unspecified atom stereocenters. The number of nitrogens with zero attached hydrogens (tertiary/aromatic N) is 2. The van der Waals surface area contributed by atoms with Crippen LogP contribution in [0.25, 0.3) is 0 Å². The predicted octanol–water partition coefficient (Wildman–Crippen LogP) is 5.18. The van der Waals surface area contributed by atoms with Gasteiger partial charge in [0.2, 0.25) is 0 Å². The first-order chi connectivity index (χ1) is 16.4. The van der Waals surface area contributed by atoms with Crippen LogP contribution in [-0.4, -0.2) is 29.2 Å². The summed E-state index contributed by atoms with van der Waals surface area (Å²) in [6.45, 7) is 0. The number of rotatable bonds is 7. The number of benzene rings is 2. The molecule has 10 heteroatoms. The fourth-order valence-electron chi connectivity index (χ4n) is 4.12. The topological polar surface area (TPSA) is 106 Å². The maximum Gasteiger partial charge on any atom is 0.320 e. The van der Waals surface area contributed by atoms with Gasteiger partial charge >= 0.3 is 23.8 Å². The van der Waals surface area contributed by atoms with Crippen LogP contribution in [0.15, 0.2) is 46.9 Å². The van der Waals surface area contributed by atoms with E-state index in [1.807, 2.05) is 12.1 Å². The van der Waals surface area contributed by atoms with E-state index in [1.54, 1.807) is 12.1 Å². The molecule has 1 amide bonds. The van der Waals surface area contributed by atoms with Crippen molar-refractivity contribution in [3.63, 3.8) is 0 Å². The lowest BCUT2D eigenvalue weighted by Crippen LogP contribution is -2.17. The number of hydrogen-bond donors (Lipinski definition) is 2. The number of ether oxygens (including phenoxy) is 1. The SMILES string of the molecule is COC(=O)CC1CCC(c2ccc(NC(=O)c3nnc(Nc4cc(F)ccc4F)o3)cc2)CC1. The fourth-order valence-corrected chi connectivity index (χ4v) is 4.12. The summed E-state index contributed by atoms with van der Waals surface area (Å²) in [5.74, 6) is -1.68. The predicted molar refractivity (Wildman–Crippen MR) is 120 cm³/mol. The van der Waals surface area contributed by atoms with E-state index in [0.29, 0.717) is 23.9 Å². The lowest BCUT2D eigenvalue weighted by atomic mass is 9.77. The Morgan fingerprint density at radius 1 is 1.06 bits per heavy atom. The standard InChI is InChI=1S/C24H24F2N4O4/c1-33-21(31)12-14-2-4-15(5-3-14)16-6-9-18(10-7-16)27-22(32)23-29-30-24(34-23)28-20-13-17(25)8-11-19(20)26/h6-11,13-15H,2-5,12H2,1H3,(H,27,32)(H,28,30). The summed E-state index contributed by atoms with van der Waals surface area (Å²) in [5, 5.41) is 12.4. The van der Waals surface area contributed by atoms with E-state index >= 15 is 0 Å². The van der Waals surface area contributed by atoms with Gasteiger partial charge in [0.1, 0.15) is 11.6 Å². The molecule has 0 aliphatic heterocycles. The highest BCUT2D eigenvalue weighted by Crippen LogP contribution is 2.37. The summed E-state index contributed by atoms with van der Waals surface area (Å²) in [5.41, 5.74) is 1.54. The Hall–Kier alpha value is -3.82. The van der Waals surface area contributed by atoms with E-state index in [2.05, 4.69) is 20.8 Å². The molecule has 2 aromatic carbocycles. The summed E-state index contributed by atoms with van der Waals surface area (Å²) in [6, 6.07) is 10.2. The molecule has 3 aromatic rings. The van der Waals surface area contributed by atoms with Crippen molar-refractivity contribution in [2.45, 2.75) is 38.0 Å². The van der Waals surface area contributed by atoms with Crippen molar-refractivity contribution in [2.75, 3.05) is 17.7 Å². The number of methoxy groups -OCH3 is 1. The maximum absolute atomic E-state index is 13.7. The van der Waals surface area contributed by atoms with Crippen LogP contribution in [0.3, 0.4) is 0 Å². The zero-order chi connectivity index (χ0) is 24.1. The number of anilines is 3. The van der Waals surface area contributed by atoms with Crippen LogP contribution in [0.5, 0.6) is 0 Å². The number of halogens is 2. The molecule has 0 radical (unpaired) electrons. The van der Waals surface area contributed by atoms with E-state index < -0.39 is 17.5 Å². The Balaban J connectivity index is 1.31. The number of carbonyl (C=O) groups excluding carboxylic acids is 2. The van der Waals surface area contributed by atoms with E-state index in [-0.39, 0.29) is 23.6 Å². The molecule has 0 atom stereocenters. The third-order valence-corrected chi connectivity index (χ3v) is 5.96. The third-order valence-electron chi connectivity index (χ3n) is 5.96. The molecular weight excluding hydrogens is 446 g/mol. The smallest absolute Gasteiger partial charge is 0.320 e. The van der Waals surface area contributed by atoms with Crippen LogP contribution in [0.2, 0.25) is 0 Å². The molecule has 1 fully saturated rings. The minimum atomic E-state index is -0.706. The van der Waals surface area contributed by atoms with E-state index in [0.717, 1.165) is 43.9 Å². The van der Waals surface area contributed by atoms with Gasteiger partial charge in [-0.15, -0.1) is 5.10 Å². The molecule has 0 spiro atoms. The Bertz CT molecular complexity index is 1160. The average Bonchev–Trinajstić information content (AvgIpc) is 3.31. The first-order valence-electron chi connectivity index (χ1n) is 10.9. The van der Waals surface area contributed by atoms with Crippen LogP contribution in [0, 0.1) is 17.6 Å². The lowest BCUT2D eigenvalue weighted by Gasteiger charge is -2.28. The molecule has 2 N–H and O–H groups in total. The molecule has 1 saturated carbocycles. The van der Waals surface area contributed by atoms with Crippen LogP contribution < -0.4 is 10.6 Å². The summed E-state index contributed by atoms with van der Waals surface area (Å²) in [7, 11) is 1.41. The Morgan fingerprint density at radius 2 is 1.79 bits per heavy atom. The average molecular weight is 470 g/mol. The van der Waals surface area contributed by atoms with Crippen LogP contribution in [0.4, 0.5) is 26.2 Å². The molecule has 1 heterocycles. The van der Waals surface area contributed by atoms with Crippen LogP contribution in [-0.2, 0) is 9.53 Å². The number of aromatic nitrogens is 2. The molecule has 0 bridgehead atoms. The molecule has 178 valence electrons. The van der Waals surface area contributed by atoms with Crippen molar-refractivity contribution < 1.29 is 27.5 Å². The Morgan fingerprint density at radius 3 is 2.50 bits per heavy atom. The summed E-state index contributed by atoms with van der Waals surface area (Å²) in [6.07, 6.45) is 4.42. The van der Waals surface area contributed by atoms with Gasteiger partial charge in [-0.1, -0.05) is 17.2 Å². The van der Waals surface area contributed by atoms with Gasteiger partial charge in [-0.2, -0.15) is 0 Å². The van der Waals surface area contributed by atoms with Crippen molar-refractivity contribution in [3.05, 3.63) is 65.6 Å². The van der Waals surface area contributed by atoms with Crippen molar-refractivity contribution in [1.82, 2.24) is 10.2 Å². The molecule has 34 heavy (non-hydrogen) atoms. The van der Waals surface area contributed by atoms with Gasteiger partial charge in [-0.3, -0.25) is 9.59 Å². The van der Waals surface area contributed by atoms with E-state index in [9.17, 15) is 18.4 Å². The zero-order valence-electron chi connectivity index (χ0n) is 18.5. The summed E-state index contributed by atoms with van der Waals surface area (Å²) in [4.78, 5) is 23.9. The number of hydrogen-bond acceptors (Lipinski definition) is 7. The highest BCUT2D eigenvalue weighted by molar-refractivity contribution is 6.00. The Labute approximate surface area is 194 Å². The highest BCUT2D eigenvalue weighted by atomic mass is 19.1. The van der Waals surface area contributed by atoms with Gasteiger partial charge in [0.15, 0.2) is 0 Å². The number of amides is 1. The molecule has 8 nitrogen and oxygen atoms in total. The molecule has 1 aliphatic carbocycles. The Kier molecular flexibility index (Phi) is 7.15.